The highest BCUT2D eigenvalue weighted by Gasteiger charge is 2.30. The number of hydrogen-bond acceptors (Lipinski definition) is 3. The van der Waals surface area contributed by atoms with Gasteiger partial charge in [0.15, 0.2) is 0 Å². The molecule has 3 nitrogen and oxygen atoms in total. The predicted octanol–water partition coefficient (Wildman–Crippen LogP) is 4.94. The molecular weight excluding hydrogens is 380 g/mol. The molecule has 1 amide bonds. The molecule has 0 spiro atoms. The summed E-state index contributed by atoms with van der Waals surface area (Å²) in [4.78, 5) is 16.4. The van der Waals surface area contributed by atoms with Crippen molar-refractivity contribution in [3.05, 3.63) is 76.5 Å². The van der Waals surface area contributed by atoms with Crippen LogP contribution in [0.3, 0.4) is 0 Å². The first kappa shape index (κ1) is 19.0. The third kappa shape index (κ3) is 4.91. The second-order valence-corrected chi connectivity index (χ2v) is 6.60. The van der Waals surface area contributed by atoms with Gasteiger partial charge in [-0.1, -0.05) is 18.2 Å². The second-order valence-electron chi connectivity index (χ2n) is 5.74. The number of hydrogen-bond donors (Lipinski definition) is 1. The van der Waals surface area contributed by atoms with Gasteiger partial charge in [-0.05, 0) is 30.3 Å². The van der Waals surface area contributed by atoms with Crippen molar-refractivity contribution in [3.63, 3.8) is 0 Å². The topological polar surface area (TPSA) is 42.0 Å². The van der Waals surface area contributed by atoms with Gasteiger partial charge in [-0.15, -0.1) is 11.3 Å². The highest BCUT2D eigenvalue weighted by atomic mass is 32.1. The molecule has 0 radical (unpaired) electrons. The Labute approximate surface area is 156 Å². The molecule has 1 N–H and O–H groups in total. The van der Waals surface area contributed by atoms with E-state index in [0.29, 0.717) is 22.7 Å². The molecule has 0 saturated heterocycles. The SMILES string of the molecule is O=C(NCCc1csc(-c2cccc(F)c2)n1)c1cccc(C(F)(F)F)c1. The van der Waals surface area contributed by atoms with E-state index in [4.69, 9.17) is 0 Å². The van der Waals surface area contributed by atoms with Crippen molar-refractivity contribution < 1.29 is 22.4 Å². The van der Waals surface area contributed by atoms with Crippen LogP contribution in [0.4, 0.5) is 17.6 Å². The van der Waals surface area contributed by atoms with Gasteiger partial charge in [-0.25, -0.2) is 9.37 Å². The Kier molecular flexibility index (Phi) is 5.55. The number of carbonyl (C=O) groups excluding carboxylic acids is 1. The van der Waals surface area contributed by atoms with Gasteiger partial charge in [0.1, 0.15) is 10.8 Å². The predicted molar refractivity (Wildman–Crippen MR) is 95.0 cm³/mol. The van der Waals surface area contributed by atoms with Crippen molar-refractivity contribution in [3.8, 4) is 10.6 Å². The Hall–Kier alpha value is -2.74. The fraction of sp³-hybridized carbons (Fsp3) is 0.158. The second kappa shape index (κ2) is 7.87. The molecule has 0 saturated carbocycles. The lowest BCUT2D eigenvalue weighted by Crippen LogP contribution is -2.26. The van der Waals surface area contributed by atoms with Crippen LogP contribution in [0.5, 0.6) is 0 Å². The summed E-state index contributed by atoms with van der Waals surface area (Å²) in [5.74, 6) is -0.931. The molecule has 3 rings (SSSR count). The number of alkyl halides is 3. The van der Waals surface area contributed by atoms with Crippen molar-refractivity contribution in [2.45, 2.75) is 12.6 Å². The molecule has 0 unspecified atom stereocenters. The van der Waals surface area contributed by atoms with E-state index in [9.17, 15) is 22.4 Å². The van der Waals surface area contributed by atoms with Gasteiger partial charge >= 0.3 is 6.18 Å². The summed E-state index contributed by atoms with van der Waals surface area (Å²) in [5.41, 5.74) is 0.459. The lowest BCUT2D eigenvalue weighted by atomic mass is 10.1. The fourth-order valence-electron chi connectivity index (χ4n) is 2.42. The molecule has 3 aromatic rings. The Morgan fingerprint density at radius 2 is 1.89 bits per heavy atom. The molecule has 140 valence electrons. The van der Waals surface area contributed by atoms with Crippen molar-refractivity contribution >= 4 is 17.2 Å². The van der Waals surface area contributed by atoms with Crippen molar-refractivity contribution in [2.24, 2.45) is 0 Å². The van der Waals surface area contributed by atoms with E-state index in [0.717, 1.165) is 12.1 Å². The van der Waals surface area contributed by atoms with Crippen molar-refractivity contribution in [2.75, 3.05) is 6.54 Å². The zero-order chi connectivity index (χ0) is 19.4. The minimum Gasteiger partial charge on any atom is -0.352 e. The smallest absolute Gasteiger partial charge is 0.352 e. The van der Waals surface area contributed by atoms with Crippen molar-refractivity contribution in [1.29, 1.82) is 0 Å². The van der Waals surface area contributed by atoms with Crippen LogP contribution in [0.1, 0.15) is 21.6 Å². The molecule has 27 heavy (non-hydrogen) atoms. The number of halogens is 4. The molecule has 8 heteroatoms. The highest BCUT2D eigenvalue weighted by molar-refractivity contribution is 7.13. The van der Waals surface area contributed by atoms with E-state index < -0.39 is 17.6 Å². The Morgan fingerprint density at radius 3 is 2.63 bits per heavy atom. The number of nitrogens with one attached hydrogen (secondary N) is 1. The first-order valence-electron chi connectivity index (χ1n) is 7.99. The number of thiazole rings is 1. The third-order valence-electron chi connectivity index (χ3n) is 3.74. The maximum Gasteiger partial charge on any atom is 0.416 e. The number of amides is 1. The van der Waals surface area contributed by atoms with E-state index in [1.165, 1.54) is 35.6 Å². The van der Waals surface area contributed by atoms with Crippen LogP contribution in [0, 0.1) is 5.82 Å². The van der Waals surface area contributed by atoms with Crippen LogP contribution < -0.4 is 5.32 Å². The average molecular weight is 394 g/mol. The van der Waals surface area contributed by atoms with Gasteiger partial charge in [-0.3, -0.25) is 4.79 Å². The molecule has 0 aliphatic rings. The lowest BCUT2D eigenvalue weighted by Gasteiger charge is -2.09. The summed E-state index contributed by atoms with van der Waals surface area (Å²) < 4.78 is 51.4. The van der Waals surface area contributed by atoms with Gasteiger partial charge < -0.3 is 5.32 Å². The van der Waals surface area contributed by atoms with E-state index in [1.807, 2.05) is 0 Å². The first-order chi connectivity index (χ1) is 12.8. The van der Waals surface area contributed by atoms with E-state index >= 15 is 0 Å². The quantitative estimate of drug-likeness (QED) is 0.623. The Balaban J connectivity index is 1.58. The average Bonchev–Trinajstić information content (AvgIpc) is 3.10. The Bertz CT molecular complexity index is 953. The van der Waals surface area contributed by atoms with Crippen LogP contribution in [0.15, 0.2) is 53.9 Å². The van der Waals surface area contributed by atoms with Crippen LogP contribution in [0.25, 0.3) is 10.6 Å². The molecule has 0 fully saturated rings. The molecule has 1 aromatic heterocycles. The van der Waals surface area contributed by atoms with Gasteiger partial charge in [0.05, 0.1) is 11.3 Å². The number of aromatic nitrogens is 1. The normalized spacial score (nSPS) is 11.4. The molecule has 0 atom stereocenters. The van der Waals surface area contributed by atoms with E-state index in [2.05, 4.69) is 10.3 Å². The maximum absolute atomic E-state index is 13.3. The van der Waals surface area contributed by atoms with Gasteiger partial charge in [0, 0.05) is 29.5 Å². The molecule has 0 aliphatic heterocycles. The van der Waals surface area contributed by atoms with Gasteiger partial charge in [-0.2, -0.15) is 13.2 Å². The van der Waals surface area contributed by atoms with Gasteiger partial charge in [0.2, 0.25) is 0 Å². The monoisotopic (exact) mass is 394 g/mol. The zero-order valence-electron chi connectivity index (χ0n) is 13.9. The summed E-state index contributed by atoms with van der Waals surface area (Å²) in [6.07, 6.45) is -4.08. The molecule has 2 aromatic carbocycles. The maximum atomic E-state index is 13.3. The Morgan fingerprint density at radius 1 is 1.11 bits per heavy atom. The van der Waals surface area contributed by atoms with Crippen LogP contribution in [-0.4, -0.2) is 17.4 Å². The summed E-state index contributed by atoms with van der Waals surface area (Å²) in [7, 11) is 0. The number of nitrogens with zero attached hydrogens (tertiary/aromatic N) is 1. The molecule has 0 bridgehead atoms. The standard InChI is InChI=1S/C19H14F4N2OS/c20-15-6-2-4-13(10-15)18-25-16(11-27-18)7-8-24-17(26)12-3-1-5-14(9-12)19(21,22)23/h1-6,9-11H,7-8H2,(H,24,26). The number of benzene rings is 2. The minimum absolute atomic E-state index is 0.0523. The largest absolute Gasteiger partial charge is 0.416 e. The number of carbonyl (C=O) groups is 1. The molecule has 0 aliphatic carbocycles. The zero-order valence-corrected chi connectivity index (χ0v) is 14.7. The van der Waals surface area contributed by atoms with Crippen LogP contribution in [-0.2, 0) is 12.6 Å². The van der Waals surface area contributed by atoms with Crippen LogP contribution >= 0.6 is 11.3 Å². The summed E-state index contributed by atoms with van der Waals surface area (Å²) >= 11 is 1.36. The third-order valence-corrected chi connectivity index (χ3v) is 4.68. The van der Waals surface area contributed by atoms with E-state index in [-0.39, 0.29) is 17.9 Å². The van der Waals surface area contributed by atoms with Gasteiger partial charge in [0.25, 0.3) is 5.91 Å². The highest BCUT2D eigenvalue weighted by Crippen LogP contribution is 2.29. The minimum atomic E-state index is -4.50. The van der Waals surface area contributed by atoms with Crippen molar-refractivity contribution in [1.82, 2.24) is 10.3 Å². The summed E-state index contributed by atoms with van der Waals surface area (Å²) in [6, 6.07) is 10.3. The summed E-state index contributed by atoms with van der Waals surface area (Å²) in [6.45, 7) is 0.224. The molecule has 1 heterocycles. The summed E-state index contributed by atoms with van der Waals surface area (Å²) in [5, 5.41) is 5.05. The fourth-order valence-corrected chi connectivity index (χ4v) is 3.27. The number of rotatable bonds is 5. The lowest BCUT2D eigenvalue weighted by molar-refractivity contribution is -0.137. The molecular formula is C19H14F4N2OS. The van der Waals surface area contributed by atoms with Crippen LogP contribution in [0.2, 0.25) is 0 Å². The van der Waals surface area contributed by atoms with E-state index in [1.54, 1.807) is 17.5 Å². The first-order valence-corrected chi connectivity index (χ1v) is 8.87.